The van der Waals surface area contributed by atoms with Gasteiger partial charge in [0.05, 0.1) is 6.04 Å². The van der Waals surface area contributed by atoms with Crippen LogP contribution in [0.5, 0.6) is 0 Å². The minimum atomic E-state index is -0.719. The third kappa shape index (κ3) is 7.23. The molecule has 0 bridgehead atoms. The van der Waals surface area contributed by atoms with Crippen LogP contribution in [0.25, 0.3) is 0 Å². The Morgan fingerprint density at radius 1 is 0.963 bits per heavy atom. The highest BCUT2D eigenvalue weighted by Crippen LogP contribution is 2.10. The normalized spacial score (nSPS) is 13.0. The van der Waals surface area contributed by atoms with Gasteiger partial charge in [0.1, 0.15) is 12.6 Å². The first-order chi connectivity index (χ1) is 13.0. The number of benzene rings is 2. The zero-order chi connectivity index (χ0) is 19.6. The van der Waals surface area contributed by atoms with Crippen molar-refractivity contribution in [3.05, 3.63) is 71.8 Å². The summed E-state index contributed by atoms with van der Waals surface area (Å²) in [4.78, 5) is 25.0. The SMILES string of the molecule is CC(C)C[C@@H](NC(=O)[C@H](N)Cc1ccccc1)C(=O)OCc1ccccc1. The highest BCUT2D eigenvalue weighted by atomic mass is 16.5. The molecule has 2 atom stereocenters. The third-order valence-electron chi connectivity index (χ3n) is 4.17. The van der Waals surface area contributed by atoms with Gasteiger partial charge in [0.2, 0.25) is 5.91 Å². The van der Waals surface area contributed by atoms with Crippen LogP contribution in [-0.4, -0.2) is 24.0 Å². The van der Waals surface area contributed by atoms with E-state index < -0.39 is 18.1 Å². The van der Waals surface area contributed by atoms with Gasteiger partial charge in [0.15, 0.2) is 0 Å². The topological polar surface area (TPSA) is 81.4 Å². The van der Waals surface area contributed by atoms with Crippen molar-refractivity contribution in [2.24, 2.45) is 11.7 Å². The number of hydrogen-bond donors (Lipinski definition) is 2. The van der Waals surface area contributed by atoms with E-state index in [4.69, 9.17) is 10.5 Å². The molecule has 0 fully saturated rings. The minimum Gasteiger partial charge on any atom is -0.459 e. The first-order valence-corrected chi connectivity index (χ1v) is 9.26. The molecule has 5 heteroatoms. The van der Waals surface area contributed by atoms with Gasteiger partial charge in [0, 0.05) is 0 Å². The number of esters is 1. The molecule has 0 heterocycles. The fraction of sp³-hybridized carbons (Fsp3) is 0.364. The van der Waals surface area contributed by atoms with E-state index in [0.29, 0.717) is 12.8 Å². The summed E-state index contributed by atoms with van der Waals surface area (Å²) in [6.45, 7) is 4.17. The fourth-order valence-electron chi connectivity index (χ4n) is 2.75. The zero-order valence-electron chi connectivity index (χ0n) is 15.9. The Morgan fingerprint density at radius 3 is 2.07 bits per heavy atom. The molecular formula is C22H28N2O3. The molecule has 0 spiro atoms. The Hall–Kier alpha value is -2.66. The minimum absolute atomic E-state index is 0.181. The van der Waals surface area contributed by atoms with E-state index in [9.17, 15) is 9.59 Å². The summed E-state index contributed by atoms with van der Waals surface area (Å²) >= 11 is 0. The summed E-state index contributed by atoms with van der Waals surface area (Å²) in [6.07, 6.45) is 0.914. The van der Waals surface area contributed by atoms with Gasteiger partial charge in [-0.05, 0) is 29.9 Å². The van der Waals surface area contributed by atoms with Gasteiger partial charge < -0.3 is 15.8 Å². The summed E-state index contributed by atoms with van der Waals surface area (Å²) in [7, 11) is 0. The van der Waals surface area contributed by atoms with Gasteiger partial charge in [-0.3, -0.25) is 4.79 Å². The number of nitrogens with two attached hydrogens (primary N) is 1. The van der Waals surface area contributed by atoms with Crippen molar-refractivity contribution in [3.63, 3.8) is 0 Å². The van der Waals surface area contributed by atoms with Crippen molar-refractivity contribution in [2.45, 2.75) is 45.4 Å². The summed E-state index contributed by atoms with van der Waals surface area (Å²) in [5, 5.41) is 2.77. The van der Waals surface area contributed by atoms with E-state index in [0.717, 1.165) is 11.1 Å². The van der Waals surface area contributed by atoms with E-state index in [1.165, 1.54) is 0 Å². The highest BCUT2D eigenvalue weighted by molar-refractivity contribution is 5.87. The van der Waals surface area contributed by atoms with Crippen LogP contribution in [0.4, 0.5) is 0 Å². The molecule has 0 aliphatic carbocycles. The van der Waals surface area contributed by atoms with Crippen LogP contribution in [-0.2, 0) is 27.4 Å². The maximum Gasteiger partial charge on any atom is 0.328 e. The van der Waals surface area contributed by atoms with E-state index in [2.05, 4.69) is 5.32 Å². The molecule has 0 saturated carbocycles. The van der Waals surface area contributed by atoms with Crippen molar-refractivity contribution < 1.29 is 14.3 Å². The summed E-state index contributed by atoms with van der Waals surface area (Å²) in [6, 6.07) is 17.6. The number of rotatable bonds is 9. The van der Waals surface area contributed by atoms with Gasteiger partial charge in [-0.25, -0.2) is 4.79 Å². The molecular weight excluding hydrogens is 340 g/mol. The molecule has 2 aromatic rings. The van der Waals surface area contributed by atoms with Crippen molar-refractivity contribution in [1.29, 1.82) is 0 Å². The molecule has 0 saturated heterocycles. The van der Waals surface area contributed by atoms with Crippen LogP contribution >= 0.6 is 0 Å². The lowest BCUT2D eigenvalue weighted by Gasteiger charge is -2.21. The molecule has 27 heavy (non-hydrogen) atoms. The average Bonchev–Trinajstić information content (AvgIpc) is 2.66. The fourth-order valence-corrected chi connectivity index (χ4v) is 2.75. The van der Waals surface area contributed by atoms with Gasteiger partial charge in [-0.2, -0.15) is 0 Å². The van der Waals surface area contributed by atoms with Crippen LogP contribution in [0.3, 0.4) is 0 Å². The van der Waals surface area contributed by atoms with E-state index >= 15 is 0 Å². The summed E-state index contributed by atoms with van der Waals surface area (Å²) in [5.41, 5.74) is 7.91. The zero-order valence-corrected chi connectivity index (χ0v) is 15.9. The Morgan fingerprint density at radius 2 is 1.52 bits per heavy atom. The molecule has 0 radical (unpaired) electrons. The van der Waals surface area contributed by atoms with Crippen molar-refractivity contribution in [1.82, 2.24) is 5.32 Å². The summed E-state index contributed by atoms with van der Waals surface area (Å²) in [5.74, 6) is -0.557. The van der Waals surface area contributed by atoms with E-state index in [-0.39, 0.29) is 18.4 Å². The van der Waals surface area contributed by atoms with Gasteiger partial charge in [-0.1, -0.05) is 74.5 Å². The molecule has 0 unspecified atom stereocenters. The second kappa shape index (κ2) is 10.5. The number of carbonyl (C=O) groups excluding carboxylic acids is 2. The standard InChI is InChI=1S/C22H28N2O3/c1-16(2)13-20(22(26)27-15-18-11-7-4-8-12-18)24-21(25)19(23)14-17-9-5-3-6-10-17/h3-12,16,19-20H,13-15,23H2,1-2H3,(H,24,25)/t19-,20-/m1/s1. The predicted molar refractivity (Wildman–Crippen MR) is 106 cm³/mol. The molecule has 2 aromatic carbocycles. The molecule has 1 amide bonds. The van der Waals surface area contributed by atoms with Gasteiger partial charge in [-0.15, -0.1) is 0 Å². The lowest BCUT2D eigenvalue weighted by Crippen LogP contribution is -2.50. The number of ether oxygens (including phenoxy) is 1. The maximum atomic E-state index is 12.5. The van der Waals surface area contributed by atoms with Crippen LogP contribution in [0, 0.1) is 5.92 Å². The highest BCUT2D eigenvalue weighted by Gasteiger charge is 2.26. The molecule has 0 aliphatic heterocycles. The van der Waals surface area contributed by atoms with E-state index in [1.54, 1.807) is 0 Å². The lowest BCUT2D eigenvalue weighted by atomic mass is 10.0. The number of carbonyl (C=O) groups is 2. The second-order valence-electron chi connectivity index (χ2n) is 7.08. The molecule has 2 rings (SSSR count). The summed E-state index contributed by atoms with van der Waals surface area (Å²) < 4.78 is 5.40. The van der Waals surface area contributed by atoms with Gasteiger partial charge in [0.25, 0.3) is 0 Å². The lowest BCUT2D eigenvalue weighted by molar-refractivity contribution is -0.149. The number of amides is 1. The largest absolute Gasteiger partial charge is 0.459 e. The Bertz CT molecular complexity index is 717. The first-order valence-electron chi connectivity index (χ1n) is 9.26. The Balaban J connectivity index is 1.93. The smallest absolute Gasteiger partial charge is 0.328 e. The predicted octanol–water partition coefficient (Wildman–Crippen LogP) is 2.83. The van der Waals surface area contributed by atoms with Gasteiger partial charge >= 0.3 is 5.97 Å². The van der Waals surface area contributed by atoms with Crippen LogP contribution in [0.1, 0.15) is 31.4 Å². The Kier molecular flexibility index (Phi) is 8.01. The average molecular weight is 368 g/mol. The molecule has 0 aromatic heterocycles. The maximum absolute atomic E-state index is 12.5. The van der Waals surface area contributed by atoms with Crippen LogP contribution in [0.15, 0.2) is 60.7 Å². The van der Waals surface area contributed by atoms with Crippen molar-refractivity contribution in [2.75, 3.05) is 0 Å². The first kappa shape index (κ1) is 20.6. The quantitative estimate of drug-likeness (QED) is 0.667. The third-order valence-corrected chi connectivity index (χ3v) is 4.17. The molecule has 0 aliphatic rings. The monoisotopic (exact) mass is 368 g/mol. The Labute approximate surface area is 160 Å². The van der Waals surface area contributed by atoms with Crippen molar-refractivity contribution >= 4 is 11.9 Å². The number of nitrogens with one attached hydrogen (secondary N) is 1. The van der Waals surface area contributed by atoms with Crippen molar-refractivity contribution in [3.8, 4) is 0 Å². The molecule has 144 valence electrons. The second-order valence-corrected chi connectivity index (χ2v) is 7.08. The molecule has 3 N–H and O–H groups in total. The van der Waals surface area contributed by atoms with Crippen LogP contribution in [0.2, 0.25) is 0 Å². The van der Waals surface area contributed by atoms with Crippen LogP contribution < -0.4 is 11.1 Å². The molecule has 5 nitrogen and oxygen atoms in total. The van der Waals surface area contributed by atoms with E-state index in [1.807, 2.05) is 74.5 Å². The number of hydrogen-bond acceptors (Lipinski definition) is 4.